The summed E-state index contributed by atoms with van der Waals surface area (Å²) < 4.78 is 157. The zero-order chi connectivity index (χ0) is 71.0. The summed E-state index contributed by atoms with van der Waals surface area (Å²) in [5.41, 5.74) is 16.6. The average molecular weight is 1510 g/mol. The van der Waals surface area contributed by atoms with E-state index in [1.807, 2.05) is 12.1 Å². The maximum atomic E-state index is 9.87. The van der Waals surface area contributed by atoms with E-state index < -0.39 is 36.8 Å². The fourth-order valence-corrected chi connectivity index (χ4v) is 14.1. The van der Waals surface area contributed by atoms with E-state index in [1.165, 1.54) is 84.7 Å². The molecule has 24 heteroatoms. The number of methoxy groups -OCH3 is 5. The fraction of sp³-hybridized carbons (Fsp3) is 0.375. The standard InChI is InChI=1S/C51H60N3O2.C21H28IO4.2F6P/c1-37-21-27-45-43(35-37)50(3,4)47(52(45)31-15-33-55-7)29-25-39-23-24-40(49(39)54(41-17-11-9-12-18-41)42-19-13-10-14-20-42)26-30-48-51(5,6)44-36-38(2)22-28-46(44)53(48)32-16-34-56-8;1-5-6-7-8-13-26-17-11-9-16(10-12-17)22-21-19(24-3)14-18(23-2)15-20(21)25-4;2*1-7(2,3,4,5)6/h9-14,17-22,25-30,35-36H,15-16,23-24,31-34H2,1-8H3;9-12,14-15H,5-8,13H2,1-4H3;;/q2*+1;2*-1. The second-order valence-corrected chi connectivity index (χ2v) is 31.0. The van der Waals surface area contributed by atoms with Crippen molar-refractivity contribution in [3.05, 3.63) is 210 Å². The Morgan fingerprint density at radius 1 is 0.479 bits per heavy atom. The van der Waals surface area contributed by atoms with Gasteiger partial charge in [-0.1, -0.05) is 138 Å². The number of hydrogen-bond donors (Lipinski definition) is 0. The summed E-state index contributed by atoms with van der Waals surface area (Å²) in [5.74, 6) is 3.29. The van der Waals surface area contributed by atoms with Crippen LogP contribution in [0.2, 0.25) is 0 Å². The molecule has 0 N–H and O–H groups in total. The van der Waals surface area contributed by atoms with Crippen molar-refractivity contribution < 1.29 is 100.0 Å². The first-order valence-corrected chi connectivity index (χ1v) is 37.6. The number of rotatable bonds is 23. The Labute approximate surface area is 567 Å². The van der Waals surface area contributed by atoms with Gasteiger partial charge in [0, 0.05) is 122 Å². The van der Waals surface area contributed by atoms with Gasteiger partial charge in [-0.05, 0) is 106 Å². The summed E-state index contributed by atoms with van der Waals surface area (Å²) in [6, 6.07) is 47.8. The van der Waals surface area contributed by atoms with Crippen molar-refractivity contribution in [3.8, 4) is 23.0 Å². The first-order valence-electron chi connectivity index (χ1n) is 31.3. The van der Waals surface area contributed by atoms with Gasteiger partial charge < -0.3 is 38.2 Å². The summed E-state index contributed by atoms with van der Waals surface area (Å²) in [4.78, 5) is 5.07. The molecular weight excluding hydrogens is 1420 g/mol. The maximum absolute atomic E-state index is 10.7. The van der Waals surface area contributed by atoms with Gasteiger partial charge in [-0.3, -0.25) is 0 Å². The van der Waals surface area contributed by atoms with Crippen molar-refractivity contribution >= 4 is 44.1 Å². The number of halogens is 13. The van der Waals surface area contributed by atoms with E-state index in [-0.39, 0.29) is 10.8 Å². The van der Waals surface area contributed by atoms with Crippen LogP contribution in [0.15, 0.2) is 180 Å². The Morgan fingerprint density at radius 2 is 0.896 bits per heavy atom. The third kappa shape index (κ3) is 24.4. The van der Waals surface area contributed by atoms with Gasteiger partial charge in [0.1, 0.15) is 11.5 Å². The van der Waals surface area contributed by atoms with Crippen LogP contribution in [0.1, 0.15) is 108 Å². The quantitative estimate of drug-likeness (QED) is 0.0207. The summed E-state index contributed by atoms with van der Waals surface area (Å²) in [7, 11) is -12.7. The second-order valence-electron chi connectivity index (χ2n) is 24.3. The van der Waals surface area contributed by atoms with Gasteiger partial charge in [-0.2, -0.15) is 4.58 Å². The van der Waals surface area contributed by atoms with Crippen LogP contribution in [-0.4, -0.2) is 74.2 Å². The van der Waals surface area contributed by atoms with Gasteiger partial charge >= 0.3 is 87.2 Å². The van der Waals surface area contributed by atoms with Crippen LogP contribution < -0.4 is 54.5 Å². The molecule has 0 unspecified atom stereocenters. The number of ether oxygens (including phenoxy) is 6. The third-order valence-corrected chi connectivity index (χ3v) is 18.8. The Hall–Kier alpha value is -6.58. The molecule has 0 atom stereocenters. The Bertz CT molecular complexity index is 3550. The molecule has 6 aromatic carbocycles. The van der Waals surface area contributed by atoms with Crippen LogP contribution in [0.4, 0.5) is 73.1 Å². The molecule has 2 aliphatic heterocycles. The fourth-order valence-electron chi connectivity index (χ4n) is 11.5. The molecule has 3 aliphatic rings. The average Bonchev–Trinajstić information content (AvgIpc) is 1.63. The van der Waals surface area contributed by atoms with E-state index in [0.717, 1.165) is 103 Å². The van der Waals surface area contributed by atoms with Crippen LogP contribution in [-0.2, 0) is 20.3 Å². The molecule has 6 aromatic rings. The molecule has 9 rings (SSSR count). The number of anilines is 2. The predicted octanol–water partition coefficient (Wildman–Crippen LogP) is 20.2. The van der Waals surface area contributed by atoms with Crippen LogP contribution in [0.3, 0.4) is 0 Å². The number of nitrogens with zero attached hydrogens (tertiary/aromatic N) is 3. The number of aryl methyl sites for hydroxylation is 2. The molecule has 1 fully saturated rings. The molecular formula is C72H88F12IN3O6P2. The number of para-hydroxylation sites is 2. The Kier molecular flexibility index (Phi) is 25.4. The van der Waals surface area contributed by atoms with Crippen molar-refractivity contribution in [2.75, 3.05) is 78.3 Å². The van der Waals surface area contributed by atoms with Gasteiger partial charge in [0.25, 0.3) is 3.57 Å². The SMILES string of the molecule is CCCCCCOc1ccc([I+]c2c(OC)cc(OC)cc2OC)cc1.COCCCN1C(=CC=C2CC/C(=C\C=C3\N(CCCOC)c4ccc(C)cc4C3(C)C)C2=[N+](c2ccccc2)c2ccccc2)C(C)(C)c2cc(C)ccc21.F[P-](F)(F)(F)(F)F.F[P-](F)(F)(F)(F)F. The molecule has 528 valence electrons. The molecule has 96 heavy (non-hydrogen) atoms. The number of unbranched alkanes of at least 4 members (excludes halogenated alkanes) is 3. The van der Waals surface area contributed by atoms with Gasteiger partial charge in [0.2, 0.25) is 17.1 Å². The molecule has 0 amide bonds. The summed E-state index contributed by atoms with van der Waals surface area (Å²) in [6.45, 7) is 20.2. The van der Waals surface area contributed by atoms with Crippen LogP contribution in [0, 0.1) is 21.0 Å². The van der Waals surface area contributed by atoms with E-state index in [0.29, 0.717) is 0 Å². The van der Waals surface area contributed by atoms with E-state index in [4.69, 9.17) is 28.4 Å². The second kappa shape index (κ2) is 31.1. The normalized spacial score (nSPS) is 17.8. The van der Waals surface area contributed by atoms with E-state index >= 15 is 0 Å². The van der Waals surface area contributed by atoms with Gasteiger partial charge in [0.15, 0.2) is 15.1 Å². The Balaban J connectivity index is 0.000000299. The molecule has 0 bridgehead atoms. The third-order valence-electron chi connectivity index (χ3n) is 15.9. The first kappa shape index (κ1) is 78.4. The minimum atomic E-state index is -10.7. The van der Waals surface area contributed by atoms with Crippen LogP contribution >= 0.6 is 15.6 Å². The van der Waals surface area contributed by atoms with E-state index in [2.05, 4.69) is 208 Å². The molecule has 0 aromatic heterocycles. The number of allylic oxidation sites excluding steroid dienone is 8. The number of hydrogen-bond acceptors (Lipinski definition) is 8. The van der Waals surface area contributed by atoms with Gasteiger partial charge in [-0.25, -0.2) is 0 Å². The van der Waals surface area contributed by atoms with E-state index in [1.54, 1.807) is 35.5 Å². The number of benzene rings is 6. The van der Waals surface area contributed by atoms with Crippen molar-refractivity contribution in [3.63, 3.8) is 0 Å². The van der Waals surface area contributed by atoms with Gasteiger partial charge in [-0.15, -0.1) is 0 Å². The van der Waals surface area contributed by atoms with Gasteiger partial charge in [0.05, 0.1) is 27.9 Å². The summed E-state index contributed by atoms with van der Waals surface area (Å²) in [6.07, 6.45) is 18.4. The van der Waals surface area contributed by atoms with Crippen LogP contribution in [0.25, 0.3) is 0 Å². The summed E-state index contributed by atoms with van der Waals surface area (Å²) >= 11 is -0.441. The first-order chi connectivity index (χ1) is 44.7. The zero-order valence-corrected chi connectivity index (χ0v) is 60.2. The summed E-state index contributed by atoms with van der Waals surface area (Å²) in [5, 5.41) is 0. The molecule has 2 heterocycles. The zero-order valence-electron chi connectivity index (χ0n) is 56.3. The van der Waals surface area contributed by atoms with E-state index in [9.17, 15) is 50.4 Å². The molecule has 0 radical (unpaired) electrons. The monoisotopic (exact) mass is 1510 g/mol. The van der Waals surface area contributed by atoms with Crippen LogP contribution in [0.5, 0.6) is 23.0 Å². The molecule has 1 saturated carbocycles. The topological polar surface area (TPSA) is 64.9 Å². The molecule has 1 aliphatic carbocycles. The van der Waals surface area contributed by atoms with Crippen molar-refractivity contribution in [2.24, 2.45) is 0 Å². The molecule has 0 saturated heterocycles. The molecule has 9 nitrogen and oxygen atoms in total. The minimum absolute atomic E-state index is 0.139. The van der Waals surface area contributed by atoms with Crippen molar-refractivity contribution in [1.82, 2.24) is 4.58 Å². The van der Waals surface area contributed by atoms with Crippen molar-refractivity contribution in [1.29, 1.82) is 0 Å². The number of fused-ring (bicyclic) bond motifs is 2. The van der Waals surface area contributed by atoms with Crippen molar-refractivity contribution in [2.45, 2.75) is 111 Å². The Morgan fingerprint density at radius 3 is 1.27 bits per heavy atom. The molecule has 0 spiro atoms. The predicted molar refractivity (Wildman–Crippen MR) is 364 cm³/mol.